The number of hydrogen-bond donors (Lipinski definition) is 2. The van der Waals surface area contributed by atoms with Gasteiger partial charge in [-0.2, -0.15) is 0 Å². The van der Waals surface area contributed by atoms with Gasteiger partial charge < -0.3 is 20.2 Å². The molecule has 0 spiro atoms. The van der Waals surface area contributed by atoms with Gasteiger partial charge in [-0.1, -0.05) is 30.3 Å². The van der Waals surface area contributed by atoms with Gasteiger partial charge in [0.1, 0.15) is 11.6 Å². The Morgan fingerprint density at radius 3 is 2.64 bits per heavy atom. The highest BCUT2D eigenvalue weighted by Crippen LogP contribution is 2.29. The standard InChI is InChI=1S/C19H18N2O4/c1-24-11-16(19(20)23)21-13-7-8-14-15(12-5-3-2-4-6-12)10-18(22)25-17(14)9-13/h2-10,16,21H,11H2,1H3,(H2,20,23). The van der Waals surface area contributed by atoms with E-state index in [1.54, 1.807) is 12.1 Å². The van der Waals surface area contributed by atoms with Gasteiger partial charge in [0.05, 0.1) is 6.61 Å². The number of methoxy groups -OCH3 is 1. The van der Waals surface area contributed by atoms with Gasteiger partial charge in [-0.05, 0) is 23.3 Å². The Hall–Kier alpha value is -3.12. The smallest absolute Gasteiger partial charge is 0.336 e. The molecule has 0 fully saturated rings. The molecule has 3 rings (SSSR count). The highest BCUT2D eigenvalue weighted by atomic mass is 16.5. The Kier molecular flexibility index (Phi) is 4.81. The summed E-state index contributed by atoms with van der Waals surface area (Å²) < 4.78 is 10.3. The third-order valence-corrected chi connectivity index (χ3v) is 3.85. The maximum Gasteiger partial charge on any atom is 0.336 e. The van der Waals surface area contributed by atoms with Crippen molar-refractivity contribution in [1.82, 2.24) is 0 Å². The van der Waals surface area contributed by atoms with E-state index < -0.39 is 17.6 Å². The molecule has 0 saturated heterocycles. The number of fused-ring (bicyclic) bond motifs is 1. The molecule has 0 radical (unpaired) electrons. The van der Waals surface area contributed by atoms with Crippen LogP contribution in [-0.4, -0.2) is 25.7 Å². The summed E-state index contributed by atoms with van der Waals surface area (Å²) in [6.07, 6.45) is 0. The number of carbonyl (C=O) groups excluding carboxylic acids is 1. The van der Waals surface area contributed by atoms with Crippen molar-refractivity contribution in [1.29, 1.82) is 0 Å². The number of primary amides is 1. The summed E-state index contributed by atoms with van der Waals surface area (Å²) in [6, 6.07) is 15.7. The van der Waals surface area contributed by atoms with Crippen LogP contribution in [0, 0.1) is 0 Å². The number of carbonyl (C=O) groups is 1. The summed E-state index contributed by atoms with van der Waals surface area (Å²) in [7, 11) is 1.49. The van der Waals surface area contributed by atoms with Crippen LogP contribution in [0.5, 0.6) is 0 Å². The van der Waals surface area contributed by atoms with E-state index in [2.05, 4.69) is 5.32 Å². The quantitative estimate of drug-likeness (QED) is 0.673. The predicted molar refractivity (Wildman–Crippen MR) is 96.4 cm³/mol. The van der Waals surface area contributed by atoms with E-state index in [1.165, 1.54) is 13.2 Å². The average Bonchev–Trinajstić information content (AvgIpc) is 2.61. The summed E-state index contributed by atoms with van der Waals surface area (Å²) in [5.41, 5.74) is 7.67. The second-order valence-corrected chi connectivity index (χ2v) is 5.61. The van der Waals surface area contributed by atoms with Gasteiger partial charge in [-0.15, -0.1) is 0 Å². The van der Waals surface area contributed by atoms with Crippen molar-refractivity contribution < 1.29 is 13.9 Å². The first kappa shape index (κ1) is 16.7. The van der Waals surface area contributed by atoms with Gasteiger partial charge in [0.2, 0.25) is 5.91 Å². The van der Waals surface area contributed by atoms with Crippen LogP contribution in [0.25, 0.3) is 22.1 Å². The molecule has 6 nitrogen and oxygen atoms in total. The molecule has 0 aliphatic rings. The van der Waals surface area contributed by atoms with Crippen LogP contribution in [0.4, 0.5) is 5.69 Å². The maximum atomic E-state index is 11.9. The molecule has 1 heterocycles. The molecule has 0 saturated carbocycles. The van der Waals surface area contributed by atoms with Crippen molar-refractivity contribution in [2.24, 2.45) is 5.73 Å². The first-order chi connectivity index (χ1) is 12.1. The van der Waals surface area contributed by atoms with Crippen molar-refractivity contribution >= 4 is 22.6 Å². The number of rotatable bonds is 6. The molecule has 0 aliphatic carbocycles. The van der Waals surface area contributed by atoms with Crippen LogP contribution in [-0.2, 0) is 9.53 Å². The van der Waals surface area contributed by atoms with Crippen LogP contribution in [0.15, 0.2) is 63.8 Å². The van der Waals surface area contributed by atoms with E-state index >= 15 is 0 Å². The lowest BCUT2D eigenvalue weighted by Crippen LogP contribution is -2.38. The highest BCUT2D eigenvalue weighted by Gasteiger charge is 2.15. The first-order valence-corrected chi connectivity index (χ1v) is 7.76. The van der Waals surface area contributed by atoms with Gasteiger partial charge in [0.15, 0.2) is 0 Å². The zero-order valence-corrected chi connectivity index (χ0v) is 13.7. The lowest BCUT2D eigenvalue weighted by molar-refractivity contribution is -0.119. The molecular weight excluding hydrogens is 320 g/mol. The fraction of sp³-hybridized carbons (Fsp3) is 0.158. The monoisotopic (exact) mass is 338 g/mol. The zero-order valence-electron chi connectivity index (χ0n) is 13.7. The summed E-state index contributed by atoms with van der Waals surface area (Å²) in [6.45, 7) is 0.140. The second-order valence-electron chi connectivity index (χ2n) is 5.61. The molecule has 1 amide bonds. The number of nitrogens with two attached hydrogens (primary N) is 1. The number of hydrogen-bond acceptors (Lipinski definition) is 5. The molecule has 0 aliphatic heterocycles. The first-order valence-electron chi connectivity index (χ1n) is 7.76. The molecule has 1 atom stereocenters. The van der Waals surface area contributed by atoms with E-state index in [0.29, 0.717) is 11.3 Å². The predicted octanol–water partition coefficient (Wildman–Crippen LogP) is 2.37. The highest BCUT2D eigenvalue weighted by molar-refractivity contribution is 5.95. The molecule has 0 bridgehead atoms. The Bertz CT molecular complexity index is 951. The minimum atomic E-state index is -0.675. The largest absolute Gasteiger partial charge is 0.423 e. The average molecular weight is 338 g/mol. The van der Waals surface area contributed by atoms with Crippen molar-refractivity contribution in [2.45, 2.75) is 6.04 Å². The van der Waals surface area contributed by atoms with Crippen molar-refractivity contribution in [3.8, 4) is 11.1 Å². The van der Waals surface area contributed by atoms with Gasteiger partial charge in [0, 0.05) is 30.3 Å². The topological polar surface area (TPSA) is 94.6 Å². The SMILES string of the molecule is COCC(Nc1ccc2c(-c3ccccc3)cc(=O)oc2c1)C(N)=O. The Morgan fingerprint density at radius 1 is 1.20 bits per heavy atom. The third kappa shape index (κ3) is 3.70. The van der Waals surface area contributed by atoms with Gasteiger partial charge >= 0.3 is 5.63 Å². The van der Waals surface area contributed by atoms with E-state index in [-0.39, 0.29) is 6.61 Å². The molecule has 1 unspecified atom stereocenters. The molecule has 128 valence electrons. The fourth-order valence-corrected chi connectivity index (χ4v) is 2.67. The number of amides is 1. The lowest BCUT2D eigenvalue weighted by Gasteiger charge is -2.16. The number of anilines is 1. The van der Waals surface area contributed by atoms with Crippen LogP contribution in [0.3, 0.4) is 0 Å². The van der Waals surface area contributed by atoms with Crippen molar-refractivity contribution in [3.05, 3.63) is 65.0 Å². The minimum Gasteiger partial charge on any atom is -0.423 e. The molecule has 1 aromatic heterocycles. The minimum absolute atomic E-state index is 0.140. The van der Waals surface area contributed by atoms with Crippen molar-refractivity contribution in [2.75, 3.05) is 19.0 Å². The summed E-state index contributed by atoms with van der Waals surface area (Å²) in [5.74, 6) is -0.526. The van der Waals surface area contributed by atoms with Crippen LogP contribution >= 0.6 is 0 Å². The van der Waals surface area contributed by atoms with Crippen LogP contribution in [0.2, 0.25) is 0 Å². The summed E-state index contributed by atoms with van der Waals surface area (Å²) in [5, 5.41) is 3.79. The summed E-state index contributed by atoms with van der Waals surface area (Å²) >= 11 is 0. The van der Waals surface area contributed by atoms with E-state index in [4.69, 9.17) is 14.9 Å². The number of nitrogens with one attached hydrogen (secondary N) is 1. The number of ether oxygens (including phenoxy) is 1. The third-order valence-electron chi connectivity index (χ3n) is 3.85. The van der Waals surface area contributed by atoms with Gasteiger partial charge in [0.25, 0.3) is 0 Å². The van der Waals surface area contributed by atoms with E-state index in [0.717, 1.165) is 16.5 Å². The fourth-order valence-electron chi connectivity index (χ4n) is 2.67. The van der Waals surface area contributed by atoms with Crippen LogP contribution < -0.4 is 16.7 Å². The Morgan fingerprint density at radius 2 is 1.96 bits per heavy atom. The van der Waals surface area contributed by atoms with Gasteiger partial charge in [-0.25, -0.2) is 4.79 Å². The molecule has 3 aromatic rings. The van der Waals surface area contributed by atoms with Gasteiger partial charge in [-0.3, -0.25) is 4.79 Å². The molecule has 25 heavy (non-hydrogen) atoms. The second kappa shape index (κ2) is 7.19. The molecular formula is C19H18N2O4. The normalized spacial score (nSPS) is 12.0. The Balaban J connectivity index is 2.04. The van der Waals surface area contributed by atoms with E-state index in [1.807, 2.05) is 36.4 Å². The lowest BCUT2D eigenvalue weighted by atomic mass is 10.0. The van der Waals surface area contributed by atoms with Crippen molar-refractivity contribution in [3.63, 3.8) is 0 Å². The molecule has 2 aromatic carbocycles. The number of benzene rings is 2. The molecule has 6 heteroatoms. The zero-order chi connectivity index (χ0) is 17.8. The van der Waals surface area contributed by atoms with Crippen LogP contribution in [0.1, 0.15) is 0 Å². The molecule has 3 N–H and O–H groups in total. The van der Waals surface area contributed by atoms with E-state index in [9.17, 15) is 9.59 Å². The summed E-state index contributed by atoms with van der Waals surface area (Å²) in [4.78, 5) is 23.4. The Labute approximate surface area is 144 Å². The maximum absolute atomic E-state index is 11.9.